The SMILES string of the molecule is Cc1cc(OC(C)C)ccc1NC(=O)c1cccc(Cl)n1. The molecule has 0 aliphatic carbocycles. The first-order valence-electron chi connectivity index (χ1n) is 6.67. The summed E-state index contributed by atoms with van der Waals surface area (Å²) in [5.41, 5.74) is 1.92. The van der Waals surface area contributed by atoms with Gasteiger partial charge in [0.25, 0.3) is 5.91 Å². The van der Waals surface area contributed by atoms with Gasteiger partial charge >= 0.3 is 0 Å². The molecule has 1 aromatic carbocycles. The summed E-state index contributed by atoms with van der Waals surface area (Å²) in [6, 6.07) is 10.5. The smallest absolute Gasteiger partial charge is 0.274 e. The normalized spacial score (nSPS) is 10.5. The van der Waals surface area contributed by atoms with Gasteiger partial charge in [0.05, 0.1) is 6.10 Å². The number of rotatable bonds is 4. The number of aromatic nitrogens is 1. The second-order valence-corrected chi connectivity index (χ2v) is 5.33. The number of pyridine rings is 1. The maximum Gasteiger partial charge on any atom is 0.274 e. The van der Waals surface area contributed by atoms with Gasteiger partial charge in [0.15, 0.2) is 0 Å². The number of halogens is 1. The molecule has 0 saturated carbocycles. The van der Waals surface area contributed by atoms with Crippen LogP contribution in [-0.4, -0.2) is 17.0 Å². The fraction of sp³-hybridized carbons (Fsp3) is 0.250. The Balaban J connectivity index is 2.14. The molecule has 0 bridgehead atoms. The summed E-state index contributed by atoms with van der Waals surface area (Å²) >= 11 is 5.78. The van der Waals surface area contributed by atoms with E-state index in [1.54, 1.807) is 18.2 Å². The van der Waals surface area contributed by atoms with Crippen molar-refractivity contribution < 1.29 is 9.53 Å². The quantitative estimate of drug-likeness (QED) is 0.866. The van der Waals surface area contributed by atoms with Gasteiger partial charge in [-0.2, -0.15) is 0 Å². The van der Waals surface area contributed by atoms with Crippen LogP contribution in [0.1, 0.15) is 29.9 Å². The molecule has 0 fully saturated rings. The monoisotopic (exact) mass is 304 g/mol. The zero-order chi connectivity index (χ0) is 15.4. The van der Waals surface area contributed by atoms with Crippen LogP contribution in [0.25, 0.3) is 0 Å². The van der Waals surface area contributed by atoms with E-state index >= 15 is 0 Å². The van der Waals surface area contributed by atoms with E-state index in [1.807, 2.05) is 39.0 Å². The van der Waals surface area contributed by atoms with Gasteiger partial charge in [-0.3, -0.25) is 4.79 Å². The highest BCUT2D eigenvalue weighted by molar-refractivity contribution is 6.29. The molecule has 0 aliphatic rings. The summed E-state index contributed by atoms with van der Waals surface area (Å²) in [7, 11) is 0. The Kier molecular flexibility index (Phi) is 4.81. The molecular formula is C16H17ClN2O2. The standard InChI is InChI=1S/C16H17ClN2O2/c1-10(2)21-12-7-8-13(11(3)9-12)19-16(20)14-5-4-6-15(17)18-14/h4-10H,1-3H3,(H,19,20). The predicted octanol–water partition coefficient (Wildman–Crippen LogP) is 4.08. The third-order valence-electron chi connectivity index (χ3n) is 2.77. The minimum absolute atomic E-state index is 0.112. The molecule has 1 heterocycles. The first-order chi connectivity index (χ1) is 9.95. The first kappa shape index (κ1) is 15.3. The van der Waals surface area contributed by atoms with Crippen LogP contribution in [0.3, 0.4) is 0 Å². The van der Waals surface area contributed by atoms with Gasteiger partial charge in [-0.25, -0.2) is 4.98 Å². The van der Waals surface area contributed by atoms with Crippen molar-refractivity contribution in [3.63, 3.8) is 0 Å². The van der Waals surface area contributed by atoms with Gasteiger partial charge in [-0.15, -0.1) is 0 Å². The van der Waals surface area contributed by atoms with Crippen molar-refractivity contribution >= 4 is 23.2 Å². The number of aryl methyl sites for hydroxylation is 1. The van der Waals surface area contributed by atoms with Crippen molar-refractivity contribution in [2.45, 2.75) is 26.9 Å². The lowest BCUT2D eigenvalue weighted by atomic mass is 10.2. The maximum atomic E-state index is 12.1. The Morgan fingerprint density at radius 1 is 1.29 bits per heavy atom. The largest absolute Gasteiger partial charge is 0.491 e. The van der Waals surface area contributed by atoms with Gasteiger partial charge in [-0.05, 0) is 56.7 Å². The van der Waals surface area contributed by atoms with E-state index in [-0.39, 0.29) is 17.7 Å². The van der Waals surface area contributed by atoms with Crippen molar-refractivity contribution in [3.05, 3.63) is 52.8 Å². The molecule has 1 N–H and O–H groups in total. The Morgan fingerprint density at radius 3 is 2.67 bits per heavy atom. The second-order valence-electron chi connectivity index (χ2n) is 4.94. The number of ether oxygens (including phenoxy) is 1. The summed E-state index contributed by atoms with van der Waals surface area (Å²) in [5, 5.41) is 3.11. The van der Waals surface area contributed by atoms with Crippen LogP contribution in [0.2, 0.25) is 5.15 Å². The number of nitrogens with zero attached hydrogens (tertiary/aromatic N) is 1. The second kappa shape index (κ2) is 6.59. The van der Waals surface area contributed by atoms with Gasteiger partial charge in [0.2, 0.25) is 0 Å². The number of anilines is 1. The number of nitrogens with one attached hydrogen (secondary N) is 1. The van der Waals surface area contributed by atoms with Gasteiger partial charge < -0.3 is 10.1 Å². The molecule has 0 saturated heterocycles. The minimum Gasteiger partial charge on any atom is -0.491 e. The minimum atomic E-state index is -0.293. The van der Waals surface area contributed by atoms with E-state index < -0.39 is 0 Å². The van der Waals surface area contributed by atoms with Crippen molar-refractivity contribution in [1.29, 1.82) is 0 Å². The van der Waals surface area contributed by atoms with Crippen LogP contribution in [0.5, 0.6) is 5.75 Å². The van der Waals surface area contributed by atoms with E-state index in [4.69, 9.17) is 16.3 Å². The van der Waals surface area contributed by atoms with E-state index in [0.29, 0.717) is 5.15 Å². The van der Waals surface area contributed by atoms with Crippen LogP contribution < -0.4 is 10.1 Å². The van der Waals surface area contributed by atoms with E-state index in [9.17, 15) is 4.79 Å². The van der Waals surface area contributed by atoms with E-state index in [0.717, 1.165) is 17.0 Å². The Bertz CT molecular complexity index is 656. The topological polar surface area (TPSA) is 51.2 Å². The number of hydrogen-bond acceptors (Lipinski definition) is 3. The molecule has 1 aromatic heterocycles. The predicted molar refractivity (Wildman–Crippen MR) is 84.1 cm³/mol. The highest BCUT2D eigenvalue weighted by Gasteiger charge is 2.10. The number of carbonyl (C=O) groups excluding carboxylic acids is 1. The highest BCUT2D eigenvalue weighted by Crippen LogP contribution is 2.22. The molecule has 21 heavy (non-hydrogen) atoms. The average Bonchev–Trinajstić information content (AvgIpc) is 2.41. The molecule has 0 spiro atoms. The van der Waals surface area contributed by atoms with Crippen LogP contribution in [0.15, 0.2) is 36.4 Å². The zero-order valence-corrected chi connectivity index (χ0v) is 12.9. The highest BCUT2D eigenvalue weighted by atomic mass is 35.5. The molecule has 2 aromatic rings. The van der Waals surface area contributed by atoms with Crippen molar-refractivity contribution in [2.24, 2.45) is 0 Å². The average molecular weight is 305 g/mol. The van der Waals surface area contributed by atoms with Crippen molar-refractivity contribution in [1.82, 2.24) is 4.98 Å². The fourth-order valence-electron chi connectivity index (χ4n) is 1.84. The van der Waals surface area contributed by atoms with Crippen molar-refractivity contribution in [2.75, 3.05) is 5.32 Å². The summed E-state index contributed by atoms with van der Waals surface area (Å²) < 4.78 is 5.61. The number of amides is 1. The molecule has 0 unspecified atom stereocenters. The van der Waals surface area contributed by atoms with Gasteiger partial charge in [0, 0.05) is 5.69 Å². The van der Waals surface area contributed by atoms with Gasteiger partial charge in [-0.1, -0.05) is 17.7 Å². The number of benzene rings is 1. The van der Waals surface area contributed by atoms with Gasteiger partial charge in [0.1, 0.15) is 16.6 Å². The summed E-state index contributed by atoms with van der Waals surface area (Å²) in [6.45, 7) is 5.85. The molecule has 110 valence electrons. The number of hydrogen-bond donors (Lipinski definition) is 1. The van der Waals surface area contributed by atoms with Crippen LogP contribution >= 0.6 is 11.6 Å². The fourth-order valence-corrected chi connectivity index (χ4v) is 2.01. The lowest BCUT2D eigenvalue weighted by Crippen LogP contribution is -2.14. The Labute approximate surface area is 129 Å². The third-order valence-corrected chi connectivity index (χ3v) is 2.98. The molecule has 0 radical (unpaired) electrons. The zero-order valence-electron chi connectivity index (χ0n) is 12.2. The molecule has 1 amide bonds. The summed E-state index contributed by atoms with van der Waals surface area (Å²) in [4.78, 5) is 16.1. The van der Waals surface area contributed by atoms with E-state index in [1.165, 1.54) is 0 Å². The van der Waals surface area contributed by atoms with Crippen LogP contribution in [-0.2, 0) is 0 Å². The van der Waals surface area contributed by atoms with E-state index in [2.05, 4.69) is 10.3 Å². The third kappa shape index (κ3) is 4.20. The molecule has 5 heteroatoms. The lowest BCUT2D eigenvalue weighted by molar-refractivity contribution is 0.102. The van der Waals surface area contributed by atoms with Crippen molar-refractivity contribution in [3.8, 4) is 5.75 Å². The van der Waals surface area contributed by atoms with Crippen LogP contribution in [0.4, 0.5) is 5.69 Å². The summed E-state index contributed by atoms with van der Waals surface area (Å²) in [6.07, 6.45) is 0.112. The Hall–Kier alpha value is -2.07. The molecular weight excluding hydrogens is 288 g/mol. The lowest BCUT2D eigenvalue weighted by Gasteiger charge is -2.13. The maximum absolute atomic E-state index is 12.1. The van der Waals surface area contributed by atoms with Crippen LogP contribution in [0, 0.1) is 6.92 Å². The number of carbonyl (C=O) groups is 1. The molecule has 2 rings (SSSR count). The first-order valence-corrected chi connectivity index (χ1v) is 7.04. The molecule has 4 nitrogen and oxygen atoms in total. The summed E-state index contributed by atoms with van der Waals surface area (Å²) in [5.74, 6) is 0.486. The molecule has 0 aliphatic heterocycles. The molecule has 0 atom stereocenters. The Morgan fingerprint density at radius 2 is 2.05 bits per heavy atom.